The molecular weight excluding hydrogens is 276 g/mol. The summed E-state index contributed by atoms with van der Waals surface area (Å²) in [4.78, 5) is 26.5. The van der Waals surface area contributed by atoms with E-state index in [1.54, 1.807) is 0 Å². The number of nitro groups is 1. The Morgan fingerprint density at radius 1 is 1.38 bits per heavy atom. The fourth-order valence-corrected chi connectivity index (χ4v) is 3.08. The van der Waals surface area contributed by atoms with Crippen LogP contribution in [-0.4, -0.2) is 59.5 Å². The number of rotatable bonds is 4. The van der Waals surface area contributed by atoms with Crippen LogP contribution in [0.4, 0.5) is 0 Å². The maximum atomic E-state index is 12.4. The van der Waals surface area contributed by atoms with Crippen LogP contribution >= 0.6 is 0 Å². The third-order valence-electron chi connectivity index (χ3n) is 4.51. The van der Waals surface area contributed by atoms with Crippen molar-refractivity contribution in [2.24, 2.45) is 16.9 Å². The molecule has 116 valence electrons. The normalized spacial score (nSPS) is 28.2. The van der Waals surface area contributed by atoms with Crippen LogP contribution in [0.25, 0.3) is 0 Å². The second-order valence-corrected chi connectivity index (χ2v) is 5.93. The van der Waals surface area contributed by atoms with E-state index in [-0.39, 0.29) is 17.8 Å². The van der Waals surface area contributed by atoms with Gasteiger partial charge in [-0.25, -0.2) is 10.1 Å². The van der Waals surface area contributed by atoms with Gasteiger partial charge >= 0.3 is 0 Å². The number of hydrogen-bond acceptors (Lipinski definition) is 4. The predicted octanol–water partition coefficient (Wildman–Crippen LogP) is 0.515. The van der Waals surface area contributed by atoms with Crippen LogP contribution in [0, 0.1) is 22.0 Å². The summed E-state index contributed by atoms with van der Waals surface area (Å²) in [7, 11) is 0. The molecule has 1 unspecified atom stereocenters. The number of hydrazone groups is 1. The van der Waals surface area contributed by atoms with Crippen molar-refractivity contribution in [3.63, 3.8) is 0 Å². The van der Waals surface area contributed by atoms with Crippen LogP contribution in [0.15, 0.2) is 5.10 Å². The van der Waals surface area contributed by atoms with Gasteiger partial charge in [-0.05, 0) is 19.3 Å². The highest BCUT2D eigenvalue weighted by Gasteiger charge is 2.39. The SMILES string of the molecule is O=C(C1CCC1)N1CCN(CC2CCOC2)C1=N[N+](=O)[O-]. The summed E-state index contributed by atoms with van der Waals surface area (Å²) in [6.07, 6.45) is 3.79. The molecule has 1 atom stereocenters. The molecule has 0 bridgehead atoms. The first-order valence-electron chi connectivity index (χ1n) is 7.52. The summed E-state index contributed by atoms with van der Waals surface area (Å²) in [6, 6.07) is 0. The van der Waals surface area contributed by atoms with Gasteiger partial charge in [-0.1, -0.05) is 6.42 Å². The van der Waals surface area contributed by atoms with Gasteiger partial charge in [0.15, 0.2) is 5.03 Å². The van der Waals surface area contributed by atoms with Crippen LogP contribution in [0.2, 0.25) is 0 Å². The lowest BCUT2D eigenvalue weighted by atomic mass is 9.84. The molecule has 8 heteroatoms. The van der Waals surface area contributed by atoms with Crippen molar-refractivity contribution < 1.29 is 14.6 Å². The number of nitrogens with zero attached hydrogens (tertiary/aromatic N) is 4. The number of carbonyl (C=O) groups is 1. The summed E-state index contributed by atoms with van der Waals surface area (Å²) in [6.45, 7) is 3.20. The molecule has 0 aromatic heterocycles. The van der Waals surface area contributed by atoms with E-state index in [4.69, 9.17) is 4.74 Å². The molecule has 0 aromatic carbocycles. The van der Waals surface area contributed by atoms with Gasteiger partial charge in [-0.15, -0.1) is 0 Å². The Balaban J connectivity index is 1.71. The van der Waals surface area contributed by atoms with E-state index in [1.165, 1.54) is 4.90 Å². The molecule has 0 radical (unpaired) electrons. The highest BCUT2D eigenvalue weighted by atomic mass is 16.7. The number of amides is 1. The lowest BCUT2D eigenvalue weighted by Crippen LogP contribution is -2.44. The Kier molecular flexibility index (Phi) is 4.05. The first-order chi connectivity index (χ1) is 10.1. The molecule has 3 fully saturated rings. The van der Waals surface area contributed by atoms with Crippen molar-refractivity contribution in [1.29, 1.82) is 0 Å². The van der Waals surface area contributed by atoms with E-state index in [0.717, 1.165) is 32.3 Å². The summed E-state index contributed by atoms with van der Waals surface area (Å²) in [5, 5.41) is 13.6. The Labute approximate surface area is 122 Å². The first kappa shape index (κ1) is 14.2. The molecule has 1 amide bonds. The number of carbonyl (C=O) groups excluding carboxylic acids is 1. The molecular formula is C13H20N4O4. The van der Waals surface area contributed by atoms with Crippen LogP contribution in [0.5, 0.6) is 0 Å². The molecule has 8 nitrogen and oxygen atoms in total. The molecule has 0 spiro atoms. The molecule has 21 heavy (non-hydrogen) atoms. The van der Waals surface area contributed by atoms with Gasteiger partial charge in [-0.2, -0.15) is 0 Å². The van der Waals surface area contributed by atoms with E-state index in [2.05, 4.69) is 5.10 Å². The van der Waals surface area contributed by atoms with Crippen LogP contribution < -0.4 is 0 Å². The van der Waals surface area contributed by atoms with E-state index >= 15 is 0 Å². The smallest absolute Gasteiger partial charge is 0.280 e. The standard InChI is InChI=1S/C13H20N4O4/c18-12(11-2-1-3-11)16-6-5-15(13(16)14-17(19)20)8-10-4-7-21-9-10/h10-11H,1-9H2. The Morgan fingerprint density at radius 2 is 2.19 bits per heavy atom. The van der Waals surface area contributed by atoms with Gasteiger partial charge in [0.05, 0.1) is 6.61 Å². The molecule has 2 saturated heterocycles. The first-order valence-corrected chi connectivity index (χ1v) is 7.52. The summed E-state index contributed by atoms with van der Waals surface area (Å²) in [5.41, 5.74) is 0. The average Bonchev–Trinajstić information content (AvgIpc) is 2.98. The maximum Gasteiger partial charge on any atom is 0.280 e. The minimum absolute atomic E-state index is 0.00739. The topological polar surface area (TPSA) is 88.3 Å². The fraction of sp³-hybridized carbons (Fsp3) is 0.846. The Hall–Kier alpha value is -1.70. The second kappa shape index (κ2) is 5.97. The summed E-state index contributed by atoms with van der Waals surface area (Å²) in [5.74, 6) is 0.591. The van der Waals surface area contributed by atoms with Crippen molar-refractivity contribution >= 4 is 11.9 Å². The fourth-order valence-electron chi connectivity index (χ4n) is 3.08. The summed E-state index contributed by atoms with van der Waals surface area (Å²) < 4.78 is 5.34. The highest BCUT2D eigenvalue weighted by molar-refractivity contribution is 5.99. The van der Waals surface area contributed by atoms with Crippen molar-refractivity contribution in [3.05, 3.63) is 10.1 Å². The van der Waals surface area contributed by atoms with Crippen molar-refractivity contribution in [2.75, 3.05) is 32.8 Å². The van der Waals surface area contributed by atoms with E-state index in [0.29, 0.717) is 32.2 Å². The van der Waals surface area contributed by atoms with Crippen LogP contribution in [-0.2, 0) is 9.53 Å². The van der Waals surface area contributed by atoms with Crippen molar-refractivity contribution in [3.8, 4) is 0 Å². The third-order valence-corrected chi connectivity index (χ3v) is 4.51. The molecule has 1 aliphatic carbocycles. The zero-order valence-electron chi connectivity index (χ0n) is 11.9. The Bertz CT molecular complexity index is 457. The quantitative estimate of drug-likeness (QED) is 0.557. The van der Waals surface area contributed by atoms with E-state index < -0.39 is 5.03 Å². The van der Waals surface area contributed by atoms with Gasteiger partial charge in [0.25, 0.3) is 5.96 Å². The van der Waals surface area contributed by atoms with Gasteiger partial charge < -0.3 is 9.64 Å². The molecule has 1 saturated carbocycles. The van der Waals surface area contributed by atoms with E-state index in [9.17, 15) is 14.9 Å². The van der Waals surface area contributed by atoms with Crippen LogP contribution in [0.1, 0.15) is 25.7 Å². The average molecular weight is 296 g/mol. The lowest BCUT2D eigenvalue weighted by molar-refractivity contribution is -0.486. The van der Waals surface area contributed by atoms with E-state index in [1.807, 2.05) is 4.90 Å². The van der Waals surface area contributed by atoms with Crippen molar-refractivity contribution in [1.82, 2.24) is 9.80 Å². The molecule has 3 rings (SSSR count). The second-order valence-electron chi connectivity index (χ2n) is 5.93. The summed E-state index contributed by atoms with van der Waals surface area (Å²) >= 11 is 0. The third kappa shape index (κ3) is 2.99. The molecule has 2 aliphatic heterocycles. The number of hydrogen-bond donors (Lipinski definition) is 0. The lowest BCUT2D eigenvalue weighted by Gasteiger charge is -2.29. The monoisotopic (exact) mass is 296 g/mol. The zero-order valence-corrected chi connectivity index (χ0v) is 11.9. The largest absolute Gasteiger partial charge is 0.381 e. The van der Waals surface area contributed by atoms with Gasteiger partial charge in [-0.3, -0.25) is 9.69 Å². The maximum absolute atomic E-state index is 12.4. The highest BCUT2D eigenvalue weighted by Crippen LogP contribution is 2.30. The minimum Gasteiger partial charge on any atom is -0.381 e. The molecule has 0 aromatic rings. The molecule has 0 N–H and O–H groups in total. The van der Waals surface area contributed by atoms with Gasteiger partial charge in [0, 0.05) is 38.1 Å². The minimum atomic E-state index is -0.708. The molecule has 3 aliphatic rings. The number of guanidine groups is 1. The van der Waals surface area contributed by atoms with Crippen molar-refractivity contribution in [2.45, 2.75) is 25.7 Å². The Morgan fingerprint density at radius 3 is 2.76 bits per heavy atom. The number of ether oxygens (including phenoxy) is 1. The zero-order chi connectivity index (χ0) is 14.8. The van der Waals surface area contributed by atoms with Gasteiger partial charge in [0.1, 0.15) is 5.10 Å². The van der Waals surface area contributed by atoms with Gasteiger partial charge in [0.2, 0.25) is 5.91 Å². The van der Waals surface area contributed by atoms with Crippen LogP contribution in [0.3, 0.4) is 0 Å². The molecule has 2 heterocycles. The predicted molar refractivity (Wildman–Crippen MR) is 74.0 cm³/mol.